The highest BCUT2D eigenvalue weighted by Crippen LogP contribution is 2.32. The molecular formula is C22H28N2O6S2. The predicted molar refractivity (Wildman–Crippen MR) is 123 cm³/mol. The molecule has 0 spiro atoms. The summed E-state index contributed by atoms with van der Waals surface area (Å²) in [6, 6.07) is 8.53. The molecule has 0 bridgehead atoms. The fourth-order valence-corrected chi connectivity index (χ4v) is 5.67. The number of hydrogen-bond acceptors (Lipinski definition) is 7. The molecule has 10 heteroatoms. The zero-order valence-corrected chi connectivity index (χ0v) is 20.2. The topological polar surface area (TPSA) is 96.4 Å². The first-order chi connectivity index (χ1) is 15.1. The minimum Gasteiger partial charge on any atom is -0.497 e. The molecule has 0 fully saturated rings. The van der Waals surface area contributed by atoms with Crippen LogP contribution in [0.5, 0.6) is 11.5 Å². The maximum atomic E-state index is 13.1. The van der Waals surface area contributed by atoms with Crippen molar-refractivity contribution in [1.82, 2.24) is 8.61 Å². The number of nitrogens with zero attached hydrogens (tertiary/aromatic N) is 2. The van der Waals surface area contributed by atoms with E-state index in [1.165, 1.54) is 31.8 Å². The van der Waals surface area contributed by atoms with Gasteiger partial charge < -0.3 is 14.6 Å². The van der Waals surface area contributed by atoms with Gasteiger partial charge in [0.25, 0.3) is 0 Å². The van der Waals surface area contributed by atoms with Gasteiger partial charge in [-0.15, -0.1) is 11.3 Å². The summed E-state index contributed by atoms with van der Waals surface area (Å²) in [7, 11) is -0.978. The SMILES string of the molecule is COc1ccc(CN2C(O)=CN(Cc3ccc(C(=O)CCC(C)C)s3)S2(=O)=O)c(OC)c1. The monoisotopic (exact) mass is 480 g/mol. The van der Waals surface area contributed by atoms with Gasteiger partial charge in [-0.1, -0.05) is 13.8 Å². The molecule has 1 aliphatic rings. The highest BCUT2D eigenvalue weighted by Gasteiger charge is 2.37. The van der Waals surface area contributed by atoms with Gasteiger partial charge in [0, 0.05) is 22.9 Å². The molecule has 1 aromatic carbocycles. The quantitative estimate of drug-likeness (QED) is 0.509. The molecule has 1 aromatic heterocycles. The predicted octanol–water partition coefficient (Wildman–Crippen LogP) is 4.30. The molecule has 8 nitrogen and oxygen atoms in total. The molecule has 1 aliphatic heterocycles. The van der Waals surface area contributed by atoms with Gasteiger partial charge in [0.05, 0.1) is 38.4 Å². The van der Waals surface area contributed by atoms with Crippen LogP contribution in [-0.2, 0) is 23.3 Å². The number of carbonyl (C=O) groups excluding carboxylic acids is 1. The van der Waals surface area contributed by atoms with Gasteiger partial charge in [0.2, 0.25) is 5.88 Å². The van der Waals surface area contributed by atoms with Crippen LogP contribution in [0.2, 0.25) is 0 Å². The Labute approximate surface area is 192 Å². The lowest BCUT2D eigenvalue weighted by Crippen LogP contribution is -2.33. The number of aliphatic hydroxyl groups is 1. The second-order valence-electron chi connectivity index (χ2n) is 7.85. The van der Waals surface area contributed by atoms with Crippen molar-refractivity contribution in [3.63, 3.8) is 0 Å². The van der Waals surface area contributed by atoms with Gasteiger partial charge in [0.1, 0.15) is 11.5 Å². The van der Waals surface area contributed by atoms with E-state index < -0.39 is 10.2 Å². The first-order valence-corrected chi connectivity index (χ1v) is 12.4. The third-order valence-electron chi connectivity index (χ3n) is 5.09. The molecule has 0 saturated carbocycles. The number of thiophene rings is 1. The van der Waals surface area contributed by atoms with Crippen LogP contribution in [0.4, 0.5) is 0 Å². The maximum Gasteiger partial charge on any atom is 0.329 e. The van der Waals surface area contributed by atoms with Crippen LogP contribution in [0.1, 0.15) is 46.8 Å². The number of Topliss-reactive ketones (excluding diaryl/α,β-unsaturated/α-hetero) is 1. The first kappa shape index (κ1) is 23.9. The molecule has 0 radical (unpaired) electrons. The van der Waals surface area contributed by atoms with Crippen molar-refractivity contribution in [2.24, 2.45) is 5.92 Å². The number of ketones is 1. The average molecular weight is 481 g/mol. The van der Waals surface area contributed by atoms with E-state index in [1.54, 1.807) is 30.3 Å². The summed E-state index contributed by atoms with van der Waals surface area (Å²) in [6.45, 7) is 4.07. The molecule has 0 saturated heterocycles. The van der Waals surface area contributed by atoms with Crippen LogP contribution >= 0.6 is 11.3 Å². The van der Waals surface area contributed by atoms with Crippen molar-refractivity contribution in [1.29, 1.82) is 0 Å². The molecule has 3 rings (SSSR count). The lowest BCUT2D eigenvalue weighted by Gasteiger charge is -2.22. The van der Waals surface area contributed by atoms with E-state index in [4.69, 9.17) is 9.47 Å². The second-order valence-corrected chi connectivity index (χ2v) is 10.8. The highest BCUT2D eigenvalue weighted by atomic mass is 32.2. The van der Waals surface area contributed by atoms with Crippen molar-refractivity contribution in [2.75, 3.05) is 14.2 Å². The zero-order chi connectivity index (χ0) is 23.5. The third-order valence-corrected chi connectivity index (χ3v) is 7.91. The van der Waals surface area contributed by atoms with Gasteiger partial charge in [-0.25, -0.2) is 8.61 Å². The summed E-state index contributed by atoms with van der Waals surface area (Å²) in [5.41, 5.74) is 0.577. The lowest BCUT2D eigenvalue weighted by molar-refractivity contribution is 0.0979. The van der Waals surface area contributed by atoms with Gasteiger partial charge >= 0.3 is 10.2 Å². The molecular weight excluding hydrogens is 452 g/mol. The summed E-state index contributed by atoms with van der Waals surface area (Å²) in [6.07, 6.45) is 2.47. The summed E-state index contributed by atoms with van der Waals surface area (Å²) >= 11 is 1.28. The van der Waals surface area contributed by atoms with Gasteiger partial charge in [-0.2, -0.15) is 8.42 Å². The van der Waals surface area contributed by atoms with E-state index >= 15 is 0 Å². The molecule has 0 amide bonds. The summed E-state index contributed by atoms with van der Waals surface area (Å²) < 4.78 is 38.6. The van der Waals surface area contributed by atoms with Crippen LogP contribution in [0.3, 0.4) is 0 Å². The van der Waals surface area contributed by atoms with Gasteiger partial charge in [-0.3, -0.25) is 4.79 Å². The van der Waals surface area contributed by atoms with Gasteiger partial charge in [-0.05, 0) is 36.6 Å². The first-order valence-electron chi connectivity index (χ1n) is 10.2. The van der Waals surface area contributed by atoms with E-state index in [2.05, 4.69) is 13.8 Å². The third kappa shape index (κ3) is 5.18. The largest absolute Gasteiger partial charge is 0.497 e. The Morgan fingerprint density at radius 1 is 1.12 bits per heavy atom. The highest BCUT2D eigenvalue weighted by molar-refractivity contribution is 7.87. The molecule has 1 N–H and O–H groups in total. The second kappa shape index (κ2) is 9.83. The maximum absolute atomic E-state index is 13.1. The lowest BCUT2D eigenvalue weighted by atomic mass is 10.1. The van der Waals surface area contributed by atoms with E-state index in [9.17, 15) is 18.3 Å². The number of ether oxygens (including phenoxy) is 2. The Bertz CT molecular complexity index is 1110. The Balaban J connectivity index is 1.73. The zero-order valence-electron chi connectivity index (χ0n) is 18.6. The van der Waals surface area contributed by atoms with Gasteiger partial charge in [0.15, 0.2) is 5.78 Å². The van der Waals surface area contributed by atoms with E-state index in [-0.39, 0.29) is 24.8 Å². The van der Waals surface area contributed by atoms with Crippen molar-refractivity contribution in [3.05, 3.63) is 57.7 Å². The Morgan fingerprint density at radius 3 is 2.53 bits per heavy atom. The van der Waals surface area contributed by atoms with Crippen LogP contribution in [0.15, 0.2) is 42.4 Å². The minimum atomic E-state index is -3.99. The number of carbonyl (C=O) groups is 1. The van der Waals surface area contributed by atoms with E-state index in [1.807, 2.05) is 0 Å². The molecule has 0 atom stereocenters. The summed E-state index contributed by atoms with van der Waals surface area (Å²) in [5.74, 6) is 1.15. The smallest absolute Gasteiger partial charge is 0.329 e. The molecule has 32 heavy (non-hydrogen) atoms. The van der Waals surface area contributed by atoms with Crippen molar-refractivity contribution in [3.8, 4) is 11.5 Å². The van der Waals surface area contributed by atoms with Crippen LogP contribution < -0.4 is 9.47 Å². The normalized spacial score (nSPS) is 15.2. The van der Waals surface area contributed by atoms with Crippen LogP contribution in [-0.4, -0.2) is 42.1 Å². The number of rotatable bonds is 10. The minimum absolute atomic E-state index is 0.0325. The number of hydrogen-bond donors (Lipinski definition) is 1. The summed E-state index contributed by atoms with van der Waals surface area (Å²) in [4.78, 5) is 13.7. The van der Waals surface area contributed by atoms with Crippen molar-refractivity contribution < 1.29 is 27.8 Å². The fraction of sp³-hybridized carbons (Fsp3) is 0.409. The molecule has 0 aliphatic carbocycles. The number of benzene rings is 1. The van der Waals surface area contributed by atoms with Crippen LogP contribution in [0.25, 0.3) is 0 Å². The number of aliphatic hydroxyl groups excluding tert-OH is 1. The Morgan fingerprint density at radius 2 is 1.88 bits per heavy atom. The molecule has 0 unspecified atom stereocenters. The average Bonchev–Trinajstić information content (AvgIpc) is 3.30. The van der Waals surface area contributed by atoms with E-state index in [0.29, 0.717) is 34.3 Å². The standard InChI is InChI=1S/C22H28N2O6S2/c1-15(2)5-9-19(25)21-10-8-18(31-21)13-23-14-22(26)24(32(23,27)28)12-16-6-7-17(29-3)11-20(16)30-4/h6-8,10-11,14-15,26H,5,9,12-13H2,1-4H3. The fourth-order valence-electron chi connectivity index (χ4n) is 3.24. The van der Waals surface area contributed by atoms with Crippen molar-refractivity contribution >= 4 is 27.3 Å². The molecule has 2 heterocycles. The Hall–Kier alpha value is -2.72. The van der Waals surface area contributed by atoms with E-state index in [0.717, 1.165) is 19.9 Å². The van der Waals surface area contributed by atoms with Crippen molar-refractivity contribution in [2.45, 2.75) is 39.8 Å². The number of methoxy groups -OCH3 is 2. The molecule has 174 valence electrons. The Kier molecular flexibility index (Phi) is 7.35. The molecule has 2 aromatic rings. The summed E-state index contributed by atoms with van der Waals surface area (Å²) in [5, 5.41) is 10.4. The van der Waals surface area contributed by atoms with Crippen LogP contribution in [0, 0.1) is 5.92 Å².